The lowest BCUT2D eigenvalue weighted by Crippen LogP contribution is -2.48. The van der Waals surface area contributed by atoms with Gasteiger partial charge in [0.15, 0.2) is 0 Å². The van der Waals surface area contributed by atoms with Crippen LogP contribution in [0.25, 0.3) is 0 Å². The van der Waals surface area contributed by atoms with Crippen LogP contribution in [0.1, 0.15) is 39.5 Å². The molecule has 1 aliphatic rings. The summed E-state index contributed by atoms with van der Waals surface area (Å²) < 4.78 is 0. The average molecular weight is 240 g/mol. The van der Waals surface area contributed by atoms with Crippen LogP contribution in [0.4, 0.5) is 0 Å². The molecule has 1 aliphatic heterocycles. The minimum Gasteiger partial charge on any atom is -0.305 e. The van der Waals surface area contributed by atoms with Crippen LogP contribution in [-0.4, -0.2) is 55.9 Å². The first-order valence-electron chi connectivity index (χ1n) is 6.92. The largest absolute Gasteiger partial charge is 0.305 e. The van der Waals surface area contributed by atoms with Crippen LogP contribution in [0.5, 0.6) is 0 Å². The van der Waals surface area contributed by atoms with Gasteiger partial charge >= 0.3 is 0 Å². The van der Waals surface area contributed by atoms with Gasteiger partial charge in [0.1, 0.15) is 6.29 Å². The third-order valence-electron chi connectivity index (χ3n) is 4.45. The quantitative estimate of drug-likeness (QED) is 0.664. The number of hydrogen-bond acceptors (Lipinski definition) is 3. The first-order valence-corrected chi connectivity index (χ1v) is 6.92. The molecular weight excluding hydrogens is 212 g/mol. The van der Waals surface area contributed by atoms with Crippen LogP contribution >= 0.6 is 0 Å². The maximum absolute atomic E-state index is 11.3. The van der Waals surface area contributed by atoms with E-state index in [0.717, 1.165) is 25.9 Å². The van der Waals surface area contributed by atoms with Gasteiger partial charge < -0.3 is 14.6 Å². The van der Waals surface area contributed by atoms with Crippen molar-refractivity contribution in [2.75, 3.05) is 33.7 Å². The molecule has 1 heterocycles. The molecule has 17 heavy (non-hydrogen) atoms. The van der Waals surface area contributed by atoms with E-state index in [1.54, 1.807) is 0 Å². The highest BCUT2D eigenvalue weighted by atomic mass is 16.1. The second-order valence-electron chi connectivity index (χ2n) is 5.66. The van der Waals surface area contributed by atoms with Gasteiger partial charge in [-0.05, 0) is 46.3 Å². The molecule has 0 aliphatic carbocycles. The van der Waals surface area contributed by atoms with E-state index in [-0.39, 0.29) is 5.41 Å². The molecule has 3 nitrogen and oxygen atoms in total. The molecule has 100 valence electrons. The smallest absolute Gasteiger partial charge is 0.127 e. The average Bonchev–Trinajstić information content (AvgIpc) is 2.36. The predicted molar refractivity (Wildman–Crippen MR) is 72.2 cm³/mol. The third kappa shape index (κ3) is 3.78. The lowest BCUT2D eigenvalue weighted by Gasteiger charge is -2.39. The minimum atomic E-state index is -0.134. The Hall–Kier alpha value is -0.410. The molecule has 0 N–H and O–H groups in total. The maximum atomic E-state index is 11.3. The standard InChI is InChI=1S/C14H28N2O/c1-5-14(6-2,12-17)11-16(4)13-8-7-9-15(3)10-13/h12-13H,5-11H2,1-4H3. The molecule has 0 amide bonds. The molecule has 1 unspecified atom stereocenters. The van der Waals surface area contributed by atoms with Gasteiger partial charge in [-0.25, -0.2) is 0 Å². The Labute approximate surface area is 106 Å². The van der Waals surface area contributed by atoms with Gasteiger partial charge in [-0.3, -0.25) is 0 Å². The number of aldehydes is 1. The molecule has 1 atom stereocenters. The van der Waals surface area contributed by atoms with E-state index in [2.05, 4.69) is 37.7 Å². The molecule has 0 bridgehead atoms. The zero-order valence-corrected chi connectivity index (χ0v) is 11.9. The number of likely N-dealkylation sites (N-methyl/N-ethyl adjacent to an activating group) is 2. The molecule has 0 spiro atoms. The number of piperidine rings is 1. The van der Waals surface area contributed by atoms with E-state index in [9.17, 15) is 4.79 Å². The summed E-state index contributed by atoms with van der Waals surface area (Å²) in [5.41, 5.74) is -0.134. The second-order valence-corrected chi connectivity index (χ2v) is 5.66. The highest BCUT2D eigenvalue weighted by Crippen LogP contribution is 2.26. The monoisotopic (exact) mass is 240 g/mol. The van der Waals surface area contributed by atoms with Crippen molar-refractivity contribution in [3.8, 4) is 0 Å². The summed E-state index contributed by atoms with van der Waals surface area (Å²) in [7, 11) is 4.36. The summed E-state index contributed by atoms with van der Waals surface area (Å²) in [4.78, 5) is 16.1. The van der Waals surface area contributed by atoms with Crippen molar-refractivity contribution < 1.29 is 4.79 Å². The first kappa shape index (κ1) is 14.7. The van der Waals surface area contributed by atoms with Gasteiger partial charge in [0.2, 0.25) is 0 Å². The van der Waals surface area contributed by atoms with Crippen LogP contribution in [-0.2, 0) is 4.79 Å². The Morgan fingerprint density at radius 1 is 1.41 bits per heavy atom. The minimum absolute atomic E-state index is 0.134. The zero-order chi connectivity index (χ0) is 12.9. The molecule has 1 rings (SSSR count). The number of carbonyl (C=O) groups excluding carboxylic acids is 1. The van der Waals surface area contributed by atoms with Crippen LogP contribution in [0.15, 0.2) is 0 Å². The Morgan fingerprint density at radius 3 is 2.53 bits per heavy atom. The summed E-state index contributed by atoms with van der Waals surface area (Å²) in [6, 6.07) is 0.617. The van der Waals surface area contributed by atoms with Crippen LogP contribution in [0.3, 0.4) is 0 Å². The summed E-state index contributed by atoms with van der Waals surface area (Å²) in [6.07, 6.45) is 5.61. The molecule has 0 saturated carbocycles. The molecule has 3 heteroatoms. The molecule has 1 saturated heterocycles. The SMILES string of the molecule is CCC(C=O)(CC)CN(C)C1CCCN(C)C1. The Balaban J connectivity index is 2.57. The van der Waals surface area contributed by atoms with Crippen LogP contribution in [0, 0.1) is 5.41 Å². The van der Waals surface area contributed by atoms with Gasteiger partial charge in [0.25, 0.3) is 0 Å². The van der Waals surface area contributed by atoms with E-state index in [1.807, 2.05) is 0 Å². The van der Waals surface area contributed by atoms with Crippen molar-refractivity contribution in [1.82, 2.24) is 9.80 Å². The topological polar surface area (TPSA) is 23.6 Å². The molecule has 1 fully saturated rings. The van der Waals surface area contributed by atoms with E-state index in [4.69, 9.17) is 0 Å². The fourth-order valence-corrected chi connectivity index (χ4v) is 2.80. The van der Waals surface area contributed by atoms with E-state index < -0.39 is 0 Å². The summed E-state index contributed by atoms with van der Waals surface area (Å²) in [5, 5.41) is 0. The summed E-state index contributed by atoms with van der Waals surface area (Å²) >= 11 is 0. The van der Waals surface area contributed by atoms with Crippen molar-refractivity contribution in [3.05, 3.63) is 0 Å². The molecule has 0 aromatic carbocycles. The zero-order valence-electron chi connectivity index (χ0n) is 11.9. The first-order chi connectivity index (χ1) is 8.06. The van der Waals surface area contributed by atoms with Crippen molar-refractivity contribution in [3.63, 3.8) is 0 Å². The van der Waals surface area contributed by atoms with Crippen molar-refractivity contribution in [2.24, 2.45) is 5.41 Å². The van der Waals surface area contributed by atoms with Gasteiger partial charge in [-0.2, -0.15) is 0 Å². The second kappa shape index (κ2) is 6.50. The summed E-state index contributed by atoms with van der Waals surface area (Å²) in [5.74, 6) is 0. The molecule has 0 aromatic rings. The van der Waals surface area contributed by atoms with Gasteiger partial charge in [0, 0.05) is 24.5 Å². The number of rotatable bonds is 6. The molecule has 0 aromatic heterocycles. The molecule has 0 radical (unpaired) electrons. The van der Waals surface area contributed by atoms with E-state index in [1.165, 1.54) is 25.7 Å². The third-order valence-corrected chi connectivity index (χ3v) is 4.45. The highest BCUT2D eigenvalue weighted by molar-refractivity contribution is 5.59. The fourth-order valence-electron chi connectivity index (χ4n) is 2.80. The van der Waals surface area contributed by atoms with Crippen LogP contribution < -0.4 is 0 Å². The number of hydrogen-bond donors (Lipinski definition) is 0. The Bertz CT molecular complexity index is 238. The van der Waals surface area contributed by atoms with Crippen molar-refractivity contribution in [1.29, 1.82) is 0 Å². The lowest BCUT2D eigenvalue weighted by atomic mass is 9.83. The van der Waals surface area contributed by atoms with Gasteiger partial charge in [0.05, 0.1) is 0 Å². The van der Waals surface area contributed by atoms with Gasteiger partial charge in [-0.1, -0.05) is 13.8 Å². The summed E-state index contributed by atoms with van der Waals surface area (Å²) in [6.45, 7) is 7.50. The maximum Gasteiger partial charge on any atom is 0.127 e. The highest BCUT2D eigenvalue weighted by Gasteiger charge is 2.30. The molecular formula is C14H28N2O. The number of nitrogens with zero attached hydrogens (tertiary/aromatic N) is 2. The van der Waals surface area contributed by atoms with Crippen LogP contribution in [0.2, 0.25) is 0 Å². The van der Waals surface area contributed by atoms with E-state index in [0.29, 0.717) is 6.04 Å². The normalized spacial score (nSPS) is 23.0. The lowest BCUT2D eigenvalue weighted by molar-refractivity contribution is -0.118. The number of likely N-dealkylation sites (tertiary alicyclic amines) is 1. The fraction of sp³-hybridized carbons (Fsp3) is 0.929. The van der Waals surface area contributed by atoms with Crippen molar-refractivity contribution in [2.45, 2.75) is 45.6 Å². The van der Waals surface area contributed by atoms with E-state index >= 15 is 0 Å². The Kier molecular flexibility index (Phi) is 5.60. The van der Waals surface area contributed by atoms with Crippen molar-refractivity contribution >= 4 is 6.29 Å². The predicted octanol–water partition coefficient (Wildman–Crippen LogP) is 2.02. The van der Waals surface area contributed by atoms with Gasteiger partial charge in [-0.15, -0.1) is 0 Å². The Morgan fingerprint density at radius 2 is 2.06 bits per heavy atom. The number of carbonyl (C=O) groups is 1.